The second kappa shape index (κ2) is 4.83. The summed E-state index contributed by atoms with van der Waals surface area (Å²) in [6.07, 6.45) is 11.7. The molecule has 3 aromatic carbocycles. The fraction of sp³-hybridized carbons (Fsp3) is 0.217. The maximum Gasteiger partial charge on any atom is 0.00927 e. The first-order chi connectivity index (χ1) is 11.3. The minimum atomic E-state index is 0.546. The van der Waals surface area contributed by atoms with E-state index < -0.39 is 0 Å². The molecule has 0 nitrogen and oxygen atoms in total. The van der Waals surface area contributed by atoms with Gasteiger partial charge in [0.05, 0.1) is 0 Å². The Morgan fingerprint density at radius 3 is 2.57 bits per heavy atom. The lowest BCUT2D eigenvalue weighted by atomic mass is 9.76. The molecule has 2 unspecified atom stereocenters. The lowest BCUT2D eigenvalue weighted by Gasteiger charge is -2.28. The Balaban J connectivity index is 1.81. The standard InChI is InChI=1S/C23H20/c1-15-4-2-7-19(14-15)20-12-10-18-9-8-16-5-3-6-17-11-13-21(20)23(18)22(16)17/h2-11,13,15,20H,12,14H2,1H3. The van der Waals surface area contributed by atoms with Crippen molar-refractivity contribution in [3.63, 3.8) is 0 Å². The van der Waals surface area contributed by atoms with Gasteiger partial charge in [0.2, 0.25) is 0 Å². The van der Waals surface area contributed by atoms with Crippen LogP contribution < -0.4 is 5.22 Å². The fourth-order valence-corrected chi connectivity index (χ4v) is 4.45. The number of allylic oxidation sites excluding steroid dienone is 4. The molecule has 2 aliphatic carbocycles. The fourth-order valence-electron chi connectivity index (χ4n) is 4.45. The molecule has 112 valence electrons. The summed E-state index contributed by atoms with van der Waals surface area (Å²) in [7, 11) is 0. The third kappa shape index (κ3) is 1.91. The maximum absolute atomic E-state index is 2.45. The molecule has 0 aromatic heterocycles. The normalized spacial score (nSPS) is 23.1. The van der Waals surface area contributed by atoms with E-state index in [2.05, 4.69) is 73.7 Å². The van der Waals surface area contributed by atoms with Crippen molar-refractivity contribution in [1.29, 1.82) is 0 Å². The van der Waals surface area contributed by atoms with Crippen LogP contribution in [0.5, 0.6) is 0 Å². The third-order valence-electron chi connectivity index (χ3n) is 5.55. The van der Waals surface area contributed by atoms with E-state index in [1.54, 1.807) is 5.57 Å². The van der Waals surface area contributed by atoms with E-state index in [4.69, 9.17) is 0 Å². The summed E-state index contributed by atoms with van der Waals surface area (Å²) in [5, 5.41) is 7.08. The summed E-state index contributed by atoms with van der Waals surface area (Å²) >= 11 is 0. The first-order valence-corrected chi connectivity index (χ1v) is 8.63. The molecule has 0 bridgehead atoms. The average molecular weight is 296 g/mol. The second-order valence-electron chi connectivity index (χ2n) is 7.06. The van der Waals surface area contributed by atoms with E-state index in [0.29, 0.717) is 11.8 Å². The van der Waals surface area contributed by atoms with E-state index in [9.17, 15) is 0 Å². The molecule has 5 rings (SSSR count). The summed E-state index contributed by atoms with van der Waals surface area (Å²) in [5.74, 6) is 1.21. The van der Waals surface area contributed by atoms with Gasteiger partial charge in [0.25, 0.3) is 0 Å². The highest BCUT2D eigenvalue weighted by molar-refractivity contribution is 6.12. The largest absolute Gasteiger partial charge is 0.0814 e. The summed E-state index contributed by atoms with van der Waals surface area (Å²) in [6, 6.07) is 15.9. The highest BCUT2D eigenvalue weighted by atomic mass is 14.3. The molecule has 0 heterocycles. The van der Waals surface area contributed by atoms with Gasteiger partial charge in [-0.05, 0) is 51.1 Å². The van der Waals surface area contributed by atoms with Crippen LogP contribution in [0.15, 0.2) is 66.3 Å². The summed E-state index contributed by atoms with van der Waals surface area (Å²) in [4.78, 5) is 0. The predicted molar refractivity (Wildman–Crippen MR) is 99.5 cm³/mol. The van der Waals surface area contributed by atoms with Crippen LogP contribution in [0, 0.1) is 5.92 Å². The number of benzene rings is 3. The monoisotopic (exact) mass is 296 g/mol. The molecule has 0 radical (unpaired) electrons. The summed E-state index contributed by atoms with van der Waals surface area (Å²) < 4.78 is 0. The van der Waals surface area contributed by atoms with Gasteiger partial charge >= 0.3 is 0 Å². The van der Waals surface area contributed by atoms with Crippen LogP contribution in [0.2, 0.25) is 0 Å². The lowest BCUT2D eigenvalue weighted by Crippen LogP contribution is -2.16. The van der Waals surface area contributed by atoms with Crippen LogP contribution in [0.3, 0.4) is 0 Å². The molecular weight excluding hydrogens is 276 g/mol. The molecule has 0 spiro atoms. The minimum absolute atomic E-state index is 0.546. The smallest absolute Gasteiger partial charge is 0.00927 e. The van der Waals surface area contributed by atoms with Crippen LogP contribution in [0.4, 0.5) is 0 Å². The zero-order valence-electron chi connectivity index (χ0n) is 13.4. The van der Waals surface area contributed by atoms with Crippen molar-refractivity contribution in [2.75, 3.05) is 0 Å². The molecule has 3 aromatic rings. The van der Waals surface area contributed by atoms with Gasteiger partial charge in [0, 0.05) is 5.92 Å². The zero-order chi connectivity index (χ0) is 15.4. The zero-order valence-corrected chi connectivity index (χ0v) is 13.4. The third-order valence-corrected chi connectivity index (χ3v) is 5.55. The maximum atomic E-state index is 2.45. The molecule has 0 fully saturated rings. The highest BCUT2D eigenvalue weighted by Crippen LogP contribution is 2.40. The van der Waals surface area contributed by atoms with Crippen molar-refractivity contribution < 1.29 is 0 Å². The van der Waals surface area contributed by atoms with Gasteiger partial charge in [0.15, 0.2) is 0 Å². The molecule has 0 saturated carbocycles. The first kappa shape index (κ1) is 13.1. The Kier molecular flexibility index (Phi) is 2.76. The van der Waals surface area contributed by atoms with Crippen molar-refractivity contribution in [2.24, 2.45) is 5.92 Å². The summed E-state index contributed by atoms with van der Waals surface area (Å²) in [6.45, 7) is 2.32. The van der Waals surface area contributed by atoms with Crippen LogP contribution in [0.1, 0.15) is 31.2 Å². The van der Waals surface area contributed by atoms with Gasteiger partial charge < -0.3 is 0 Å². The van der Waals surface area contributed by atoms with Crippen molar-refractivity contribution in [1.82, 2.24) is 0 Å². The SMILES string of the molecule is CC1C=CC=C(C2CC=c3ccc4cccc5ccc2c3c54)C1. The Hall–Kier alpha value is -2.34. The molecule has 0 heteroatoms. The number of hydrogen-bond acceptors (Lipinski definition) is 0. The van der Waals surface area contributed by atoms with Crippen LogP contribution >= 0.6 is 0 Å². The minimum Gasteiger partial charge on any atom is -0.0814 e. The van der Waals surface area contributed by atoms with Crippen LogP contribution in [-0.2, 0) is 0 Å². The van der Waals surface area contributed by atoms with Crippen molar-refractivity contribution in [3.05, 3.63) is 77.0 Å². The number of hydrogen-bond donors (Lipinski definition) is 0. The van der Waals surface area contributed by atoms with E-state index in [-0.39, 0.29) is 0 Å². The van der Waals surface area contributed by atoms with Gasteiger partial charge in [-0.25, -0.2) is 0 Å². The van der Waals surface area contributed by atoms with Crippen LogP contribution in [-0.4, -0.2) is 0 Å². The van der Waals surface area contributed by atoms with Crippen LogP contribution in [0.25, 0.3) is 27.6 Å². The van der Waals surface area contributed by atoms with Crippen molar-refractivity contribution in [3.8, 4) is 0 Å². The predicted octanol–water partition coefficient (Wildman–Crippen LogP) is 5.50. The molecule has 0 N–H and O–H groups in total. The molecule has 0 amide bonds. The highest BCUT2D eigenvalue weighted by Gasteiger charge is 2.23. The van der Waals surface area contributed by atoms with E-state index in [1.807, 2.05) is 0 Å². The van der Waals surface area contributed by atoms with Gasteiger partial charge in [0.1, 0.15) is 0 Å². The number of rotatable bonds is 1. The molecular formula is C23H20. The Morgan fingerprint density at radius 1 is 0.913 bits per heavy atom. The topological polar surface area (TPSA) is 0 Å². The van der Waals surface area contributed by atoms with Crippen molar-refractivity contribution in [2.45, 2.75) is 25.7 Å². The van der Waals surface area contributed by atoms with Gasteiger partial charge in [-0.2, -0.15) is 0 Å². The molecule has 23 heavy (non-hydrogen) atoms. The Bertz CT molecular complexity index is 1020. The molecule has 0 saturated heterocycles. The van der Waals surface area contributed by atoms with E-state index in [0.717, 1.165) is 6.42 Å². The Labute approximate surface area is 136 Å². The lowest BCUT2D eigenvalue weighted by molar-refractivity contribution is 0.649. The second-order valence-corrected chi connectivity index (χ2v) is 7.06. The Morgan fingerprint density at radius 2 is 1.74 bits per heavy atom. The van der Waals surface area contributed by atoms with Crippen molar-refractivity contribution >= 4 is 27.6 Å². The van der Waals surface area contributed by atoms with E-state index >= 15 is 0 Å². The van der Waals surface area contributed by atoms with E-state index in [1.165, 1.54) is 38.7 Å². The molecule has 2 atom stereocenters. The molecule has 0 aliphatic heterocycles. The summed E-state index contributed by atoms with van der Waals surface area (Å²) in [5.41, 5.74) is 3.12. The van der Waals surface area contributed by atoms with Gasteiger partial charge in [-0.3, -0.25) is 0 Å². The van der Waals surface area contributed by atoms with Gasteiger partial charge in [-0.15, -0.1) is 0 Å². The first-order valence-electron chi connectivity index (χ1n) is 8.63. The quantitative estimate of drug-likeness (QED) is 0.556. The van der Waals surface area contributed by atoms with Gasteiger partial charge in [-0.1, -0.05) is 79.3 Å². The molecule has 2 aliphatic rings. The average Bonchev–Trinajstić information content (AvgIpc) is 2.59.